The summed E-state index contributed by atoms with van der Waals surface area (Å²) in [5.41, 5.74) is 0. The number of hydrogen-bond donors (Lipinski definition) is 1. The van der Waals surface area contributed by atoms with Crippen LogP contribution in [-0.2, 0) is 4.74 Å². The Morgan fingerprint density at radius 3 is 2.50 bits per heavy atom. The minimum atomic E-state index is -4.46. The molecule has 0 atom stereocenters. The van der Waals surface area contributed by atoms with Gasteiger partial charge >= 0.3 is 12.3 Å². The van der Waals surface area contributed by atoms with Crippen LogP contribution in [0, 0.1) is 5.92 Å². The Labute approximate surface area is 92.3 Å². The van der Waals surface area contributed by atoms with Gasteiger partial charge in [-0.3, -0.25) is 0 Å². The van der Waals surface area contributed by atoms with Gasteiger partial charge in [0.2, 0.25) is 0 Å². The summed E-state index contributed by atoms with van der Waals surface area (Å²) in [6.07, 6.45) is 0.102. The summed E-state index contributed by atoms with van der Waals surface area (Å²) >= 11 is 0. The highest BCUT2D eigenvalue weighted by Crippen LogP contribution is 2.26. The predicted molar refractivity (Wildman–Crippen MR) is 52.0 cm³/mol. The number of alkyl halides is 3. The van der Waals surface area contributed by atoms with Crippen LogP contribution in [-0.4, -0.2) is 25.4 Å². The van der Waals surface area contributed by atoms with E-state index in [0.717, 1.165) is 19.3 Å². The van der Waals surface area contributed by atoms with Crippen molar-refractivity contribution in [1.82, 2.24) is 5.32 Å². The van der Waals surface area contributed by atoms with Crippen LogP contribution in [0.5, 0.6) is 0 Å². The molecule has 0 aromatic heterocycles. The normalized spacial score (nSPS) is 17.4. The van der Waals surface area contributed by atoms with Gasteiger partial charge in [0.15, 0.2) is 6.61 Å². The number of carbonyl (C=O) groups excluding carboxylic acids is 1. The smallest absolute Gasteiger partial charge is 0.422 e. The average Bonchev–Trinajstić information content (AvgIpc) is 2.66. The molecule has 1 aliphatic rings. The van der Waals surface area contributed by atoms with E-state index in [-0.39, 0.29) is 0 Å². The molecule has 0 bridgehead atoms. The summed E-state index contributed by atoms with van der Waals surface area (Å²) in [7, 11) is 0. The molecule has 0 aromatic carbocycles. The first kappa shape index (κ1) is 13.1. The van der Waals surface area contributed by atoms with Crippen molar-refractivity contribution >= 4 is 6.09 Å². The van der Waals surface area contributed by atoms with Crippen molar-refractivity contribution in [1.29, 1.82) is 0 Å². The third kappa shape index (κ3) is 5.82. The van der Waals surface area contributed by atoms with E-state index in [1.165, 1.54) is 12.8 Å². The van der Waals surface area contributed by atoms with E-state index in [4.69, 9.17) is 0 Å². The molecule has 0 radical (unpaired) electrons. The molecule has 6 heteroatoms. The number of amides is 1. The van der Waals surface area contributed by atoms with Crippen LogP contribution in [0.25, 0.3) is 0 Å². The van der Waals surface area contributed by atoms with Crippen molar-refractivity contribution in [3.05, 3.63) is 0 Å². The predicted octanol–water partition coefficient (Wildman–Crippen LogP) is 2.86. The van der Waals surface area contributed by atoms with Crippen LogP contribution < -0.4 is 5.32 Å². The molecule has 0 spiro atoms. The van der Waals surface area contributed by atoms with Gasteiger partial charge in [-0.15, -0.1) is 0 Å². The summed E-state index contributed by atoms with van der Waals surface area (Å²) in [6.45, 7) is -1.14. The molecule has 1 N–H and O–H groups in total. The van der Waals surface area contributed by atoms with Crippen LogP contribution in [0.4, 0.5) is 18.0 Å². The maximum absolute atomic E-state index is 11.7. The Kier molecular flexibility index (Phi) is 4.89. The molecule has 0 aromatic rings. The number of rotatable bonds is 4. The Morgan fingerprint density at radius 2 is 1.94 bits per heavy atom. The summed E-state index contributed by atoms with van der Waals surface area (Å²) in [5.74, 6) is 0.600. The zero-order valence-electron chi connectivity index (χ0n) is 8.98. The molecule has 1 fully saturated rings. The van der Waals surface area contributed by atoms with Gasteiger partial charge in [0.05, 0.1) is 0 Å². The number of halogens is 3. The molecule has 16 heavy (non-hydrogen) atoms. The zero-order valence-corrected chi connectivity index (χ0v) is 8.98. The van der Waals surface area contributed by atoms with Gasteiger partial charge in [0.25, 0.3) is 0 Å². The van der Waals surface area contributed by atoms with E-state index in [0.29, 0.717) is 12.5 Å². The Morgan fingerprint density at radius 1 is 1.31 bits per heavy atom. The van der Waals surface area contributed by atoms with Crippen molar-refractivity contribution in [2.24, 2.45) is 5.92 Å². The van der Waals surface area contributed by atoms with Gasteiger partial charge < -0.3 is 10.1 Å². The van der Waals surface area contributed by atoms with E-state index < -0.39 is 18.9 Å². The van der Waals surface area contributed by atoms with Gasteiger partial charge in [0.1, 0.15) is 0 Å². The summed E-state index contributed by atoms with van der Waals surface area (Å²) in [4.78, 5) is 10.8. The number of carbonyl (C=O) groups is 1. The minimum absolute atomic E-state index is 0.390. The summed E-state index contributed by atoms with van der Waals surface area (Å²) in [5, 5.41) is 2.32. The molecule has 1 saturated carbocycles. The Hall–Kier alpha value is -0.940. The van der Waals surface area contributed by atoms with Crippen LogP contribution >= 0.6 is 0 Å². The lowest BCUT2D eigenvalue weighted by molar-refractivity contribution is -0.160. The van der Waals surface area contributed by atoms with Crippen LogP contribution in [0.2, 0.25) is 0 Å². The van der Waals surface area contributed by atoms with Crippen molar-refractivity contribution in [3.8, 4) is 0 Å². The van der Waals surface area contributed by atoms with E-state index in [1.54, 1.807) is 0 Å². The average molecular weight is 239 g/mol. The highest BCUT2D eigenvalue weighted by molar-refractivity contribution is 5.67. The van der Waals surface area contributed by atoms with Gasteiger partial charge in [-0.2, -0.15) is 13.2 Å². The molecule has 3 nitrogen and oxygen atoms in total. The van der Waals surface area contributed by atoms with Crippen molar-refractivity contribution in [3.63, 3.8) is 0 Å². The number of alkyl carbamates (subject to hydrolysis) is 1. The molecule has 0 heterocycles. The van der Waals surface area contributed by atoms with Crippen LogP contribution in [0.3, 0.4) is 0 Å². The second-order valence-electron chi connectivity index (χ2n) is 4.06. The molecular formula is C10H16F3NO2. The first-order chi connectivity index (χ1) is 7.47. The maximum Gasteiger partial charge on any atom is 0.422 e. The van der Waals surface area contributed by atoms with E-state index >= 15 is 0 Å². The van der Waals surface area contributed by atoms with Gasteiger partial charge in [0, 0.05) is 6.54 Å². The highest BCUT2D eigenvalue weighted by atomic mass is 19.4. The maximum atomic E-state index is 11.7. The third-order valence-corrected chi connectivity index (χ3v) is 2.66. The molecule has 1 aliphatic carbocycles. The quantitative estimate of drug-likeness (QED) is 0.819. The molecular weight excluding hydrogens is 223 g/mol. The fourth-order valence-electron chi connectivity index (χ4n) is 1.88. The van der Waals surface area contributed by atoms with E-state index in [2.05, 4.69) is 10.1 Å². The van der Waals surface area contributed by atoms with E-state index in [1.807, 2.05) is 0 Å². The number of nitrogens with one attached hydrogen (secondary N) is 1. The molecule has 1 amide bonds. The zero-order chi connectivity index (χ0) is 12.0. The summed E-state index contributed by atoms with van der Waals surface area (Å²) in [6, 6.07) is 0. The van der Waals surface area contributed by atoms with Crippen LogP contribution in [0.15, 0.2) is 0 Å². The SMILES string of the molecule is O=C(NCCC1CCCC1)OCC(F)(F)F. The minimum Gasteiger partial charge on any atom is -0.440 e. The summed E-state index contributed by atoms with van der Waals surface area (Å²) < 4.78 is 39.0. The lowest BCUT2D eigenvalue weighted by Gasteiger charge is -2.11. The first-order valence-electron chi connectivity index (χ1n) is 5.45. The molecule has 1 rings (SSSR count). The molecule has 0 unspecified atom stereocenters. The van der Waals surface area contributed by atoms with Crippen molar-refractivity contribution in [2.45, 2.75) is 38.3 Å². The highest BCUT2D eigenvalue weighted by Gasteiger charge is 2.29. The second kappa shape index (κ2) is 5.96. The third-order valence-electron chi connectivity index (χ3n) is 2.66. The molecule has 0 saturated heterocycles. The van der Waals surface area contributed by atoms with Crippen molar-refractivity contribution < 1.29 is 22.7 Å². The Balaban J connectivity index is 2.01. The van der Waals surface area contributed by atoms with Crippen molar-refractivity contribution in [2.75, 3.05) is 13.2 Å². The fraction of sp³-hybridized carbons (Fsp3) is 0.900. The second-order valence-corrected chi connectivity index (χ2v) is 4.06. The van der Waals surface area contributed by atoms with E-state index in [9.17, 15) is 18.0 Å². The first-order valence-corrected chi connectivity index (χ1v) is 5.45. The lowest BCUT2D eigenvalue weighted by atomic mass is 10.0. The monoisotopic (exact) mass is 239 g/mol. The molecule has 94 valence electrons. The van der Waals surface area contributed by atoms with Crippen LogP contribution in [0.1, 0.15) is 32.1 Å². The number of ether oxygens (including phenoxy) is 1. The van der Waals surface area contributed by atoms with Gasteiger partial charge in [-0.25, -0.2) is 4.79 Å². The Bertz CT molecular complexity index is 225. The van der Waals surface area contributed by atoms with Gasteiger partial charge in [-0.1, -0.05) is 25.7 Å². The standard InChI is InChI=1S/C10H16F3NO2/c11-10(12,13)7-16-9(15)14-6-5-8-3-1-2-4-8/h8H,1-7H2,(H,14,15). The van der Waals surface area contributed by atoms with Gasteiger partial charge in [-0.05, 0) is 12.3 Å². The largest absolute Gasteiger partial charge is 0.440 e. The fourth-order valence-corrected chi connectivity index (χ4v) is 1.88. The number of hydrogen-bond acceptors (Lipinski definition) is 2. The lowest BCUT2D eigenvalue weighted by Crippen LogP contribution is -2.30. The molecule has 0 aliphatic heterocycles. The topological polar surface area (TPSA) is 38.3 Å².